The fraction of sp³-hybridized carbons (Fsp3) is 0.818. The molecular formula is C44H70N2O6. The van der Waals surface area contributed by atoms with Gasteiger partial charge < -0.3 is 20.1 Å². The number of nitrogens with one attached hydrogen (secondary N) is 2. The number of fused-ring (bicyclic) bond motifs is 7. The van der Waals surface area contributed by atoms with Crippen molar-refractivity contribution >= 4 is 23.8 Å². The molecule has 0 bridgehead atoms. The minimum absolute atomic E-state index is 0.00311. The molecule has 0 aromatic carbocycles. The molecule has 5 rings (SSSR count). The first-order valence-electron chi connectivity index (χ1n) is 20.4. The quantitative estimate of drug-likeness (QED) is 0.164. The monoisotopic (exact) mass is 723 g/mol. The molecule has 0 unspecified atom stereocenters. The number of esters is 2. The molecule has 292 valence electrons. The van der Waals surface area contributed by atoms with Gasteiger partial charge in [0.2, 0.25) is 11.8 Å². The molecule has 0 aromatic heterocycles. The second kappa shape index (κ2) is 14.5. The highest BCUT2D eigenvalue weighted by Gasteiger charge is 2.72. The van der Waals surface area contributed by atoms with Gasteiger partial charge in [-0.3, -0.25) is 9.59 Å². The average Bonchev–Trinajstić information content (AvgIpc) is 3.48. The molecule has 4 fully saturated rings. The lowest BCUT2D eigenvalue weighted by Crippen LogP contribution is -2.67. The molecule has 8 nitrogen and oxygen atoms in total. The van der Waals surface area contributed by atoms with E-state index in [9.17, 15) is 19.2 Å². The van der Waals surface area contributed by atoms with Crippen molar-refractivity contribution in [2.75, 3.05) is 14.2 Å². The van der Waals surface area contributed by atoms with Crippen LogP contribution in [-0.4, -0.2) is 50.1 Å². The molecule has 5 aliphatic carbocycles. The summed E-state index contributed by atoms with van der Waals surface area (Å²) in [5.74, 6) is 0.997. The highest BCUT2D eigenvalue weighted by atomic mass is 16.5. The molecule has 0 aromatic rings. The van der Waals surface area contributed by atoms with Crippen molar-refractivity contribution in [3.8, 4) is 0 Å². The van der Waals surface area contributed by atoms with E-state index in [0.29, 0.717) is 24.7 Å². The number of carbonyl (C=O) groups is 4. The van der Waals surface area contributed by atoms with Crippen molar-refractivity contribution in [2.45, 2.75) is 145 Å². The summed E-state index contributed by atoms with van der Waals surface area (Å²) in [6, 6.07) is -1.31. The van der Waals surface area contributed by atoms with Gasteiger partial charge in [0.1, 0.15) is 12.1 Å². The summed E-state index contributed by atoms with van der Waals surface area (Å²) in [5, 5.41) is 6.39. The largest absolute Gasteiger partial charge is 0.467 e. The van der Waals surface area contributed by atoms with Crippen molar-refractivity contribution in [3.05, 3.63) is 24.3 Å². The van der Waals surface area contributed by atoms with Crippen LogP contribution in [0.3, 0.4) is 0 Å². The second-order valence-electron chi connectivity index (χ2n) is 19.6. The van der Waals surface area contributed by atoms with Crippen molar-refractivity contribution in [3.63, 3.8) is 0 Å². The summed E-state index contributed by atoms with van der Waals surface area (Å²) in [7, 11) is 2.79. The Morgan fingerprint density at radius 3 is 1.87 bits per heavy atom. The Labute approximate surface area is 314 Å². The first-order valence-corrected chi connectivity index (χ1v) is 20.4. The highest BCUT2D eigenvalue weighted by Crippen LogP contribution is 2.77. The summed E-state index contributed by atoms with van der Waals surface area (Å²) in [6.45, 7) is 24.5. The van der Waals surface area contributed by atoms with Gasteiger partial charge in [0, 0.05) is 0 Å². The molecule has 2 amide bonds. The van der Waals surface area contributed by atoms with Gasteiger partial charge in [0.05, 0.1) is 25.0 Å². The number of allylic oxidation sites excluding steroid dienone is 2. The normalized spacial score (nSPS) is 40.4. The fourth-order valence-corrected chi connectivity index (χ4v) is 13.3. The molecule has 0 radical (unpaired) electrons. The zero-order valence-corrected chi connectivity index (χ0v) is 34.3. The first-order chi connectivity index (χ1) is 24.3. The molecule has 52 heavy (non-hydrogen) atoms. The zero-order chi connectivity index (χ0) is 38.6. The van der Waals surface area contributed by atoms with Crippen molar-refractivity contribution in [2.24, 2.45) is 68.5 Å². The van der Waals surface area contributed by atoms with Crippen molar-refractivity contribution in [1.82, 2.24) is 10.6 Å². The van der Waals surface area contributed by atoms with Crippen LogP contribution in [0.2, 0.25) is 0 Å². The van der Waals surface area contributed by atoms with E-state index in [1.165, 1.54) is 19.8 Å². The van der Waals surface area contributed by atoms with Gasteiger partial charge in [-0.15, -0.1) is 0 Å². The Morgan fingerprint density at radius 1 is 0.750 bits per heavy atom. The maximum absolute atomic E-state index is 14.7. The summed E-state index contributed by atoms with van der Waals surface area (Å²) in [5.41, 5.74) is -0.174. The maximum Gasteiger partial charge on any atom is 0.328 e. The first kappa shape index (κ1) is 40.5. The fourth-order valence-electron chi connectivity index (χ4n) is 13.3. The van der Waals surface area contributed by atoms with Crippen LogP contribution in [0.4, 0.5) is 0 Å². The lowest BCUT2D eigenvalue weighted by Gasteiger charge is -2.72. The number of amides is 2. The van der Waals surface area contributed by atoms with E-state index in [4.69, 9.17) is 9.47 Å². The van der Waals surface area contributed by atoms with Gasteiger partial charge in [-0.1, -0.05) is 72.8 Å². The van der Waals surface area contributed by atoms with E-state index < -0.39 is 28.9 Å². The van der Waals surface area contributed by atoms with E-state index >= 15 is 0 Å². The number of hydrogen-bond donors (Lipinski definition) is 2. The Kier molecular flexibility index (Phi) is 11.3. The zero-order valence-electron chi connectivity index (χ0n) is 34.3. The molecule has 0 saturated heterocycles. The Balaban J connectivity index is 1.47. The van der Waals surface area contributed by atoms with Crippen LogP contribution in [0.1, 0.15) is 133 Å². The van der Waals surface area contributed by atoms with E-state index in [2.05, 4.69) is 91.7 Å². The van der Waals surface area contributed by atoms with Crippen LogP contribution < -0.4 is 10.6 Å². The third-order valence-electron chi connectivity index (χ3n) is 16.0. The number of ether oxygens (including phenoxy) is 2. The smallest absolute Gasteiger partial charge is 0.328 e. The minimum Gasteiger partial charge on any atom is -0.467 e. The summed E-state index contributed by atoms with van der Waals surface area (Å²) in [6.07, 6.45) is 14.0. The van der Waals surface area contributed by atoms with E-state index in [1.54, 1.807) is 0 Å². The van der Waals surface area contributed by atoms with Crippen LogP contribution in [0.5, 0.6) is 0 Å². The van der Waals surface area contributed by atoms with Crippen LogP contribution in [0, 0.1) is 68.5 Å². The topological polar surface area (TPSA) is 111 Å². The lowest BCUT2D eigenvalue weighted by atomic mass is 9.32. The van der Waals surface area contributed by atoms with Gasteiger partial charge in [-0.25, -0.2) is 9.59 Å². The molecule has 8 heteroatoms. The van der Waals surface area contributed by atoms with Crippen LogP contribution in [0.15, 0.2) is 24.3 Å². The van der Waals surface area contributed by atoms with E-state index in [0.717, 1.165) is 57.8 Å². The summed E-state index contributed by atoms with van der Waals surface area (Å²) >= 11 is 0. The van der Waals surface area contributed by atoms with Crippen molar-refractivity contribution in [1.29, 1.82) is 0 Å². The number of carbonyl (C=O) groups excluding carboxylic acids is 4. The Bertz CT molecular complexity index is 1450. The highest BCUT2D eigenvalue weighted by molar-refractivity contribution is 5.90. The van der Waals surface area contributed by atoms with Gasteiger partial charge in [-0.05, 0) is 142 Å². The molecular weight excluding hydrogens is 652 g/mol. The predicted molar refractivity (Wildman–Crippen MR) is 205 cm³/mol. The molecule has 0 aliphatic heterocycles. The molecule has 5 aliphatic rings. The Hall–Kier alpha value is -2.64. The predicted octanol–water partition coefficient (Wildman–Crippen LogP) is 8.20. The van der Waals surface area contributed by atoms with Crippen LogP contribution >= 0.6 is 0 Å². The SMILES string of the molecule is C=C(C)[C@@H]1CC[C@]2(C(=O)N[C@@H](CC(C)C)C(=O)OC)CC[C@]3(C)[C@H](CC[C@@H]4[C@@]5(C)CC=C[C@@](C)(C(=O)N[C@@H](CC(C)C)C(=O)OC)[C@@H]5CC[C@]43C)[C@@H]12. The molecule has 0 heterocycles. The summed E-state index contributed by atoms with van der Waals surface area (Å²) < 4.78 is 10.3. The molecule has 12 atom stereocenters. The summed E-state index contributed by atoms with van der Waals surface area (Å²) in [4.78, 5) is 54.6. The lowest BCUT2D eigenvalue weighted by molar-refractivity contribution is -0.226. The minimum atomic E-state index is -0.738. The standard InChI is InChI=1S/C44H70N2O6/c1-26(2)24-31(36(47)51-11)45-38(49)41(8)19-13-18-40(7)33(41)17-20-43(10)34(40)15-14-30-35-29(28(5)6)16-21-44(35,23-22-42(30,43)9)39(50)46-32(25-27(3)4)37(48)52-12/h13,19,26-27,29-35H,5,14-18,20-25H2,1-4,6-12H3,(H,45,49)(H,46,50)/t29-,30+,31-,32-,33+,34+,35+,40-,41+,42+,43+,44-/m0/s1. The molecule has 4 saturated carbocycles. The van der Waals surface area contributed by atoms with Crippen LogP contribution in [0.25, 0.3) is 0 Å². The van der Waals surface area contributed by atoms with Gasteiger partial charge >= 0.3 is 11.9 Å². The average molecular weight is 723 g/mol. The third-order valence-corrected chi connectivity index (χ3v) is 16.0. The van der Waals surface area contributed by atoms with Gasteiger partial charge in [-0.2, -0.15) is 0 Å². The number of rotatable bonds is 11. The third kappa shape index (κ3) is 6.37. The Morgan fingerprint density at radius 2 is 1.33 bits per heavy atom. The number of methoxy groups -OCH3 is 2. The van der Waals surface area contributed by atoms with Crippen molar-refractivity contribution < 1.29 is 28.7 Å². The molecule has 0 spiro atoms. The second-order valence-corrected chi connectivity index (χ2v) is 19.6. The van der Waals surface area contributed by atoms with Gasteiger partial charge in [0.15, 0.2) is 0 Å². The molecule has 2 N–H and O–H groups in total. The van der Waals surface area contributed by atoms with Gasteiger partial charge in [0.25, 0.3) is 0 Å². The van der Waals surface area contributed by atoms with E-state index in [1.807, 2.05) is 0 Å². The van der Waals surface area contributed by atoms with Crippen LogP contribution in [-0.2, 0) is 28.7 Å². The number of hydrogen-bond acceptors (Lipinski definition) is 6. The van der Waals surface area contributed by atoms with E-state index in [-0.39, 0.29) is 63.6 Å². The maximum atomic E-state index is 14.7.